The maximum atomic E-state index is 14.2. The Balaban J connectivity index is 2.02. The fourth-order valence-corrected chi connectivity index (χ4v) is 6.74. The van der Waals surface area contributed by atoms with Crippen LogP contribution in [0.25, 0.3) is 11.1 Å². The van der Waals surface area contributed by atoms with Gasteiger partial charge in [-0.15, -0.1) is 0 Å². The van der Waals surface area contributed by atoms with Crippen LogP contribution in [0.15, 0.2) is 65.8 Å². The normalized spacial score (nSPS) is 12.8. The van der Waals surface area contributed by atoms with Crippen LogP contribution < -0.4 is 5.32 Å². The molecule has 0 aliphatic carbocycles. The summed E-state index contributed by atoms with van der Waals surface area (Å²) in [7, 11) is -4.07. The highest BCUT2D eigenvalue weighted by Crippen LogP contribution is 2.37. The van der Waals surface area contributed by atoms with Gasteiger partial charge in [0.2, 0.25) is 15.9 Å². The van der Waals surface area contributed by atoms with Crippen molar-refractivity contribution in [2.45, 2.75) is 63.9 Å². The number of carbonyl (C=O) groups excluding carboxylic acids is 1. The van der Waals surface area contributed by atoms with Crippen molar-refractivity contribution in [1.82, 2.24) is 14.6 Å². The van der Waals surface area contributed by atoms with E-state index in [1.807, 2.05) is 51.1 Å². The molecule has 2 N–H and O–H groups in total. The van der Waals surface area contributed by atoms with Crippen LogP contribution in [-0.4, -0.2) is 47.3 Å². The highest BCUT2D eigenvalue weighted by molar-refractivity contribution is 7.89. The predicted molar refractivity (Wildman–Crippen MR) is 152 cm³/mol. The number of hydrogen-bond donors (Lipinski definition) is 2. The van der Waals surface area contributed by atoms with E-state index in [1.165, 1.54) is 17.3 Å². The van der Waals surface area contributed by atoms with Crippen LogP contribution in [0.4, 0.5) is 0 Å². The first-order chi connectivity index (χ1) is 18.3. The number of aliphatic carboxylic acids is 1. The average Bonchev–Trinajstić information content (AvgIpc) is 2.88. The van der Waals surface area contributed by atoms with Crippen molar-refractivity contribution in [3.8, 4) is 11.1 Å². The average molecular weight is 572 g/mol. The molecule has 1 heterocycles. The Kier molecular flexibility index (Phi) is 9.53. The number of amides is 1. The minimum absolute atomic E-state index is 0.0225. The maximum Gasteiger partial charge on any atom is 0.325 e. The first-order valence-corrected chi connectivity index (χ1v) is 14.4. The van der Waals surface area contributed by atoms with Gasteiger partial charge in [-0.1, -0.05) is 35.9 Å². The van der Waals surface area contributed by atoms with Crippen LogP contribution >= 0.6 is 11.6 Å². The van der Waals surface area contributed by atoms with Crippen molar-refractivity contribution >= 4 is 33.5 Å². The highest BCUT2D eigenvalue weighted by Gasteiger charge is 2.39. The lowest BCUT2D eigenvalue weighted by Crippen LogP contribution is -2.46. The van der Waals surface area contributed by atoms with Crippen LogP contribution in [0.3, 0.4) is 0 Å². The largest absolute Gasteiger partial charge is 0.480 e. The monoisotopic (exact) mass is 571 g/mol. The van der Waals surface area contributed by atoms with E-state index in [0.29, 0.717) is 10.6 Å². The highest BCUT2D eigenvalue weighted by atomic mass is 35.5. The Morgan fingerprint density at radius 1 is 1.13 bits per heavy atom. The zero-order valence-corrected chi connectivity index (χ0v) is 24.3. The Bertz CT molecular complexity index is 1470. The number of benzene rings is 2. The number of halogens is 1. The molecule has 0 aliphatic rings. The lowest BCUT2D eigenvalue weighted by atomic mass is 9.90. The predicted octanol–water partition coefficient (Wildman–Crippen LogP) is 5.31. The van der Waals surface area contributed by atoms with Crippen LogP contribution in [0, 0.1) is 13.8 Å². The number of nitrogens with one attached hydrogen (secondary N) is 1. The number of rotatable bonds is 11. The SMILES string of the molecule is Cc1cnccc1-c1cccc(C(C)(C)N(CCCC(=O)N[C@@H](C)C(=O)O)S(=O)(=O)c2cccc(Cl)c2C)c1. The zero-order valence-electron chi connectivity index (χ0n) is 22.7. The molecule has 0 saturated carbocycles. The van der Waals surface area contributed by atoms with Gasteiger partial charge in [-0.2, -0.15) is 4.31 Å². The molecular formula is C29H34ClN3O5S. The number of pyridine rings is 1. The second-order valence-electron chi connectivity index (χ2n) is 10.0. The Morgan fingerprint density at radius 2 is 1.82 bits per heavy atom. The standard InChI is InChI=1S/C29H34ClN3O5S/c1-19-18-31-15-14-24(19)22-9-6-10-23(17-22)29(4,5)33(16-8-13-27(34)32-21(3)28(35)36)39(37,38)26-12-7-11-25(30)20(26)2/h6-7,9-12,14-15,17-18,21H,8,13,16H2,1-5H3,(H,32,34)(H,35,36)/t21-/m0/s1. The van der Waals surface area contributed by atoms with E-state index in [-0.39, 0.29) is 24.3 Å². The van der Waals surface area contributed by atoms with E-state index in [4.69, 9.17) is 16.7 Å². The van der Waals surface area contributed by atoms with Crippen LogP contribution in [-0.2, 0) is 25.2 Å². The van der Waals surface area contributed by atoms with Gasteiger partial charge in [-0.05, 0) is 93.1 Å². The van der Waals surface area contributed by atoms with E-state index in [2.05, 4.69) is 10.3 Å². The number of carboxylic acid groups (broad SMARTS) is 1. The van der Waals surface area contributed by atoms with Crippen molar-refractivity contribution in [2.24, 2.45) is 0 Å². The molecule has 10 heteroatoms. The lowest BCUT2D eigenvalue weighted by Gasteiger charge is -2.38. The van der Waals surface area contributed by atoms with Crippen molar-refractivity contribution in [3.63, 3.8) is 0 Å². The molecule has 0 unspecified atom stereocenters. The van der Waals surface area contributed by atoms with Crippen molar-refractivity contribution in [1.29, 1.82) is 0 Å². The fourth-order valence-electron chi connectivity index (χ4n) is 4.45. The van der Waals surface area contributed by atoms with Gasteiger partial charge in [-0.25, -0.2) is 8.42 Å². The third-order valence-corrected chi connectivity index (χ3v) is 9.45. The molecule has 0 spiro atoms. The van der Waals surface area contributed by atoms with Crippen LogP contribution in [0.2, 0.25) is 5.02 Å². The van der Waals surface area contributed by atoms with Gasteiger partial charge >= 0.3 is 5.97 Å². The molecule has 0 saturated heterocycles. The Hall–Kier alpha value is -3.27. The number of hydrogen-bond acceptors (Lipinski definition) is 5. The topological polar surface area (TPSA) is 117 Å². The van der Waals surface area contributed by atoms with Gasteiger partial charge in [0.05, 0.1) is 10.4 Å². The molecule has 8 nitrogen and oxygen atoms in total. The molecular weight excluding hydrogens is 538 g/mol. The first kappa shape index (κ1) is 30.3. The van der Waals surface area contributed by atoms with Gasteiger partial charge in [0.25, 0.3) is 0 Å². The molecule has 1 atom stereocenters. The van der Waals surface area contributed by atoms with E-state index >= 15 is 0 Å². The molecule has 3 rings (SSSR count). The van der Waals surface area contributed by atoms with Gasteiger partial charge in [0, 0.05) is 30.4 Å². The van der Waals surface area contributed by atoms with E-state index in [1.54, 1.807) is 31.5 Å². The van der Waals surface area contributed by atoms with Crippen molar-refractivity contribution < 1.29 is 23.1 Å². The number of nitrogens with zero attached hydrogens (tertiary/aromatic N) is 2. The quantitative estimate of drug-likeness (QED) is 0.322. The summed E-state index contributed by atoms with van der Waals surface area (Å²) in [5, 5.41) is 11.8. The number of carbonyl (C=O) groups is 2. The second-order valence-corrected chi connectivity index (χ2v) is 12.2. The van der Waals surface area contributed by atoms with Gasteiger partial charge in [0.1, 0.15) is 6.04 Å². The summed E-state index contributed by atoms with van der Waals surface area (Å²) in [6.07, 6.45) is 3.64. The summed E-state index contributed by atoms with van der Waals surface area (Å²) in [4.78, 5) is 27.7. The molecule has 208 valence electrons. The van der Waals surface area contributed by atoms with Gasteiger partial charge in [0.15, 0.2) is 0 Å². The van der Waals surface area contributed by atoms with Crippen molar-refractivity contribution in [3.05, 3.63) is 82.6 Å². The molecule has 0 aliphatic heterocycles. The Labute approximate surface area is 235 Å². The van der Waals surface area contributed by atoms with Gasteiger partial charge in [-0.3, -0.25) is 14.6 Å². The third kappa shape index (κ3) is 6.84. The number of aryl methyl sites for hydroxylation is 1. The van der Waals surface area contributed by atoms with Crippen LogP contribution in [0.5, 0.6) is 0 Å². The number of carboxylic acids is 1. The fraction of sp³-hybridized carbons (Fsp3) is 0.345. The molecule has 1 amide bonds. The van der Waals surface area contributed by atoms with E-state index in [0.717, 1.165) is 22.3 Å². The maximum absolute atomic E-state index is 14.2. The van der Waals surface area contributed by atoms with E-state index < -0.39 is 33.5 Å². The first-order valence-electron chi connectivity index (χ1n) is 12.6. The molecule has 0 radical (unpaired) electrons. The zero-order chi connectivity index (χ0) is 29.0. The summed E-state index contributed by atoms with van der Waals surface area (Å²) in [5.41, 5.74) is 3.10. The van der Waals surface area contributed by atoms with Crippen LogP contribution in [0.1, 0.15) is 50.3 Å². The van der Waals surface area contributed by atoms with E-state index in [9.17, 15) is 18.0 Å². The minimum atomic E-state index is -4.07. The number of sulfonamides is 1. The summed E-state index contributed by atoms with van der Waals surface area (Å²) in [6.45, 7) is 8.68. The summed E-state index contributed by atoms with van der Waals surface area (Å²) < 4.78 is 29.7. The molecule has 0 bridgehead atoms. The third-order valence-electron chi connectivity index (χ3n) is 6.82. The minimum Gasteiger partial charge on any atom is -0.480 e. The smallest absolute Gasteiger partial charge is 0.325 e. The van der Waals surface area contributed by atoms with Crippen molar-refractivity contribution in [2.75, 3.05) is 6.54 Å². The summed E-state index contributed by atoms with van der Waals surface area (Å²) in [5.74, 6) is -1.61. The Morgan fingerprint density at radius 3 is 2.49 bits per heavy atom. The molecule has 0 fully saturated rings. The molecule has 1 aromatic heterocycles. The lowest BCUT2D eigenvalue weighted by molar-refractivity contribution is -0.141. The molecule has 2 aromatic carbocycles. The molecule has 39 heavy (non-hydrogen) atoms. The second kappa shape index (κ2) is 12.3. The molecule has 3 aromatic rings. The van der Waals surface area contributed by atoms with Gasteiger partial charge < -0.3 is 10.4 Å². The summed E-state index contributed by atoms with van der Waals surface area (Å²) >= 11 is 6.29. The summed E-state index contributed by atoms with van der Waals surface area (Å²) in [6, 6.07) is 13.4. The number of aromatic nitrogens is 1.